The zero-order valence-electron chi connectivity index (χ0n) is 28.3. The third-order valence-corrected chi connectivity index (χ3v) is 10.1. The molecule has 1 rings (SSSR count). The molecule has 18 heteroatoms. The second-order valence-electron chi connectivity index (χ2n) is 10.8. The molecule has 2 amide bonds. The minimum atomic E-state index is -3.13. The van der Waals surface area contributed by atoms with Crippen LogP contribution in [0, 0.1) is 0 Å². The summed E-state index contributed by atoms with van der Waals surface area (Å²) in [6.45, 7) is 15.7. The normalized spacial score (nSPS) is 16.7. The van der Waals surface area contributed by atoms with E-state index in [9.17, 15) is 18.7 Å². The molecule has 264 valence electrons. The number of carbonyl (C=O) groups is 2. The summed E-state index contributed by atoms with van der Waals surface area (Å²) in [6.07, 6.45) is -0.850. The molecule has 44 heavy (non-hydrogen) atoms. The van der Waals surface area contributed by atoms with Crippen LogP contribution in [-0.2, 0) is 37.2 Å². The summed E-state index contributed by atoms with van der Waals surface area (Å²) >= 11 is 0. The summed E-state index contributed by atoms with van der Waals surface area (Å²) in [6, 6.07) is 0. The van der Waals surface area contributed by atoms with Crippen molar-refractivity contribution < 1.29 is 52.2 Å². The van der Waals surface area contributed by atoms with Gasteiger partial charge in [0.1, 0.15) is 6.61 Å². The van der Waals surface area contributed by atoms with Gasteiger partial charge in [0.15, 0.2) is 0 Å². The number of rotatable bonds is 17. The van der Waals surface area contributed by atoms with Crippen molar-refractivity contribution in [1.29, 1.82) is 0 Å². The SMILES string of the molecule is CC(C)O.CC(C)OP(=O)(N(C)C)N(C)CC(N)=O.CC(C)OP(C)(=O)N1CCN(C(=O)OCCOCCOCCO)CC1. The molecule has 0 aromatic carbocycles. The Balaban J connectivity index is 0. The Hall–Kier alpha value is -1.16. The molecular formula is C26H59N5O11P2. The van der Waals surface area contributed by atoms with E-state index < -0.39 is 27.2 Å². The van der Waals surface area contributed by atoms with Crippen LogP contribution in [0.25, 0.3) is 0 Å². The molecule has 0 saturated carbocycles. The number of carbonyl (C=O) groups excluding carboxylic acids is 2. The lowest BCUT2D eigenvalue weighted by Gasteiger charge is -2.37. The molecule has 2 unspecified atom stereocenters. The van der Waals surface area contributed by atoms with E-state index in [-0.39, 0.29) is 44.7 Å². The quantitative estimate of drug-likeness (QED) is 0.149. The van der Waals surface area contributed by atoms with Crippen molar-refractivity contribution in [3.05, 3.63) is 0 Å². The van der Waals surface area contributed by atoms with Crippen LogP contribution in [-0.4, -0.2) is 160 Å². The number of aliphatic hydroxyl groups excluding tert-OH is 2. The fourth-order valence-corrected chi connectivity index (χ4v) is 7.08. The van der Waals surface area contributed by atoms with Gasteiger partial charge in [-0.3, -0.25) is 13.9 Å². The maximum Gasteiger partial charge on any atom is 0.409 e. The van der Waals surface area contributed by atoms with Crippen molar-refractivity contribution in [2.24, 2.45) is 5.73 Å². The van der Waals surface area contributed by atoms with Crippen molar-refractivity contribution in [2.75, 3.05) is 100 Å². The maximum absolute atomic E-state index is 12.5. The van der Waals surface area contributed by atoms with E-state index in [1.165, 1.54) is 9.34 Å². The molecule has 1 saturated heterocycles. The first kappa shape index (κ1) is 45.0. The predicted molar refractivity (Wildman–Crippen MR) is 170 cm³/mol. The number of amides is 2. The molecule has 1 heterocycles. The van der Waals surface area contributed by atoms with E-state index in [1.54, 1.807) is 65.1 Å². The highest BCUT2D eigenvalue weighted by atomic mass is 31.2. The van der Waals surface area contributed by atoms with E-state index in [0.29, 0.717) is 46.0 Å². The van der Waals surface area contributed by atoms with Crippen molar-refractivity contribution in [3.8, 4) is 0 Å². The standard InChI is InChI=1S/C15H31N2O7P.C8H20N3O3P.C3H8O/c1-14(2)24-25(3,20)17-6-4-16(5-7-17)15(19)23-13-12-22-11-10-21-9-8-18;1-7(2)14-15(13,10(3)4)11(5)6-8(9)12;1-3(2)4/h14,18H,4-13H2,1-3H3;7H,6H2,1-5H3,(H2,9,12);3-4H,1-2H3. The molecule has 4 N–H and O–H groups in total. The fourth-order valence-electron chi connectivity index (χ4n) is 3.43. The van der Waals surface area contributed by atoms with Gasteiger partial charge in [0.2, 0.25) is 5.91 Å². The van der Waals surface area contributed by atoms with E-state index in [2.05, 4.69) is 0 Å². The zero-order chi connectivity index (χ0) is 34.5. The molecule has 0 aromatic heterocycles. The Bertz CT molecular complexity index is 871. The lowest BCUT2D eigenvalue weighted by Crippen LogP contribution is -2.47. The minimum Gasteiger partial charge on any atom is -0.447 e. The van der Waals surface area contributed by atoms with Crippen LogP contribution in [0.2, 0.25) is 0 Å². The Morgan fingerprint density at radius 2 is 1.30 bits per heavy atom. The molecule has 0 aliphatic carbocycles. The van der Waals surface area contributed by atoms with Gasteiger partial charge in [0.25, 0.3) is 7.52 Å². The van der Waals surface area contributed by atoms with Crippen molar-refractivity contribution in [3.63, 3.8) is 0 Å². The number of ether oxygens (including phenoxy) is 3. The number of primary amides is 1. The van der Waals surface area contributed by atoms with E-state index in [4.69, 9.17) is 39.2 Å². The number of nitrogens with two attached hydrogens (primary N) is 1. The summed E-state index contributed by atoms with van der Waals surface area (Å²) < 4.78 is 55.8. The monoisotopic (exact) mass is 679 g/mol. The zero-order valence-corrected chi connectivity index (χ0v) is 30.1. The highest BCUT2D eigenvalue weighted by Gasteiger charge is 2.34. The Kier molecular flexibility index (Phi) is 24.6. The highest BCUT2D eigenvalue weighted by Crippen LogP contribution is 2.52. The number of piperazine rings is 1. The first-order valence-electron chi connectivity index (χ1n) is 14.6. The van der Waals surface area contributed by atoms with Crippen LogP contribution in [0.1, 0.15) is 41.5 Å². The molecular weight excluding hydrogens is 620 g/mol. The second kappa shape index (κ2) is 24.1. The van der Waals surface area contributed by atoms with Gasteiger partial charge in [-0.2, -0.15) is 0 Å². The Morgan fingerprint density at radius 3 is 1.70 bits per heavy atom. The topological polar surface area (TPSA) is 194 Å². The second-order valence-corrected chi connectivity index (χ2v) is 15.9. The predicted octanol–water partition coefficient (Wildman–Crippen LogP) is 1.90. The van der Waals surface area contributed by atoms with Crippen LogP contribution < -0.4 is 5.73 Å². The van der Waals surface area contributed by atoms with Crippen molar-refractivity contribution in [1.82, 2.24) is 18.9 Å². The number of likely N-dealkylation sites (N-methyl/N-ethyl adjacent to an activating group) is 1. The van der Waals surface area contributed by atoms with Crippen LogP contribution in [0.4, 0.5) is 4.79 Å². The van der Waals surface area contributed by atoms with Crippen LogP contribution in [0.5, 0.6) is 0 Å². The molecule has 0 bridgehead atoms. The van der Waals surface area contributed by atoms with Gasteiger partial charge in [0, 0.05) is 38.9 Å². The summed E-state index contributed by atoms with van der Waals surface area (Å²) in [5.74, 6) is -0.535. The van der Waals surface area contributed by atoms with Crippen molar-refractivity contribution >= 4 is 27.2 Å². The molecule has 1 fully saturated rings. The Morgan fingerprint density at radius 1 is 0.841 bits per heavy atom. The van der Waals surface area contributed by atoms with Crippen molar-refractivity contribution in [2.45, 2.75) is 59.9 Å². The van der Waals surface area contributed by atoms with Gasteiger partial charge in [0.05, 0.1) is 51.8 Å². The van der Waals surface area contributed by atoms with Gasteiger partial charge in [-0.1, -0.05) is 0 Å². The van der Waals surface area contributed by atoms with Gasteiger partial charge in [-0.15, -0.1) is 0 Å². The van der Waals surface area contributed by atoms with Gasteiger partial charge in [-0.25, -0.2) is 18.8 Å². The molecule has 2 atom stereocenters. The van der Waals surface area contributed by atoms with E-state index >= 15 is 0 Å². The number of hydrogen-bond acceptors (Lipinski definition) is 11. The molecule has 0 radical (unpaired) electrons. The average Bonchev–Trinajstić information content (AvgIpc) is 2.88. The fraction of sp³-hybridized carbons (Fsp3) is 0.923. The Labute approximate surface area is 264 Å². The number of nitrogens with zero attached hydrogens (tertiary/aromatic N) is 4. The van der Waals surface area contributed by atoms with Gasteiger partial charge >= 0.3 is 13.8 Å². The lowest BCUT2D eigenvalue weighted by molar-refractivity contribution is -0.118. The maximum atomic E-state index is 12.5. The third-order valence-electron chi connectivity index (χ3n) is 5.17. The van der Waals surface area contributed by atoms with E-state index in [0.717, 1.165) is 0 Å². The van der Waals surface area contributed by atoms with Gasteiger partial charge < -0.3 is 44.1 Å². The summed E-state index contributed by atoms with van der Waals surface area (Å²) in [5, 5.41) is 16.6. The lowest BCUT2D eigenvalue weighted by atomic mass is 10.4. The first-order valence-corrected chi connectivity index (χ1v) is 18.2. The number of hydrogen-bond donors (Lipinski definition) is 3. The molecule has 16 nitrogen and oxygen atoms in total. The van der Waals surface area contributed by atoms with E-state index in [1.807, 2.05) is 13.8 Å². The molecule has 1 aliphatic heterocycles. The van der Waals surface area contributed by atoms with Crippen LogP contribution in [0.15, 0.2) is 0 Å². The third kappa shape index (κ3) is 21.6. The minimum absolute atomic E-state index is 0.0119. The molecule has 0 spiro atoms. The number of aliphatic hydroxyl groups is 2. The summed E-state index contributed by atoms with van der Waals surface area (Å²) in [4.78, 5) is 24.3. The molecule has 0 aromatic rings. The average molecular weight is 680 g/mol. The smallest absolute Gasteiger partial charge is 0.409 e. The molecule has 1 aliphatic rings. The van der Waals surface area contributed by atoms with Crippen LogP contribution in [0.3, 0.4) is 0 Å². The summed E-state index contributed by atoms with van der Waals surface area (Å²) in [5.41, 5.74) is 5.05. The summed E-state index contributed by atoms with van der Waals surface area (Å²) in [7, 11) is -1.11. The highest BCUT2D eigenvalue weighted by molar-refractivity contribution is 7.55. The van der Waals surface area contributed by atoms with Gasteiger partial charge in [-0.05, 0) is 62.7 Å². The largest absolute Gasteiger partial charge is 0.447 e. The van der Waals surface area contributed by atoms with Crippen LogP contribution >= 0.6 is 15.2 Å². The first-order chi connectivity index (χ1) is 20.3.